The van der Waals surface area contributed by atoms with Crippen LogP contribution in [0.15, 0.2) is 95.9 Å². The van der Waals surface area contributed by atoms with Gasteiger partial charge in [0.15, 0.2) is 0 Å². The number of aryl methyl sites for hydroxylation is 2. The Morgan fingerprint density at radius 1 is 0.892 bits per heavy atom. The lowest BCUT2D eigenvalue weighted by Gasteiger charge is -2.27. The van der Waals surface area contributed by atoms with Gasteiger partial charge >= 0.3 is 6.09 Å². The Kier molecular flexibility index (Phi) is 7.48. The van der Waals surface area contributed by atoms with Gasteiger partial charge in [0.25, 0.3) is 5.56 Å². The van der Waals surface area contributed by atoms with Crippen molar-refractivity contribution in [2.75, 3.05) is 5.32 Å². The molecular formula is C29H26FN3O4. The van der Waals surface area contributed by atoms with Crippen molar-refractivity contribution in [3.05, 3.63) is 124 Å². The number of hydrogen-bond donors (Lipinski definition) is 3. The molecule has 37 heavy (non-hydrogen) atoms. The normalized spacial score (nSPS) is 11.7. The van der Waals surface area contributed by atoms with Crippen LogP contribution in [0, 0.1) is 12.7 Å². The number of nitrogens with zero attached hydrogens (tertiary/aromatic N) is 1. The van der Waals surface area contributed by atoms with Gasteiger partial charge in [0.1, 0.15) is 11.9 Å². The summed E-state index contributed by atoms with van der Waals surface area (Å²) in [5, 5.41) is 14.5. The lowest BCUT2D eigenvalue weighted by atomic mass is 9.84. The maximum Gasteiger partial charge on any atom is 0.405 e. The molecule has 1 aromatic heterocycles. The Labute approximate surface area is 213 Å². The number of anilines is 1. The van der Waals surface area contributed by atoms with Gasteiger partial charge in [0, 0.05) is 42.0 Å². The highest BCUT2D eigenvalue weighted by Gasteiger charge is 2.32. The number of aromatic nitrogens is 1. The minimum absolute atomic E-state index is 0.172. The summed E-state index contributed by atoms with van der Waals surface area (Å²) >= 11 is 0. The van der Waals surface area contributed by atoms with Crippen LogP contribution in [0.5, 0.6) is 0 Å². The SMILES string of the molecule is Cc1cc(=O)n(C)cc1-c1ccc(NC(=O)[C@@H](NC(=O)O)C(c2ccccc2)c2ccccc2)cc1F. The number of hydrogen-bond acceptors (Lipinski definition) is 3. The van der Waals surface area contributed by atoms with Crippen molar-refractivity contribution < 1.29 is 19.1 Å². The van der Waals surface area contributed by atoms with Crippen LogP contribution in [0.4, 0.5) is 14.9 Å². The van der Waals surface area contributed by atoms with E-state index in [1.807, 2.05) is 60.7 Å². The Morgan fingerprint density at radius 2 is 1.49 bits per heavy atom. The third-order valence-electron chi connectivity index (χ3n) is 6.17. The third-order valence-corrected chi connectivity index (χ3v) is 6.17. The van der Waals surface area contributed by atoms with Gasteiger partial charge in [-0.05, 0) is 41.8 Å². The first-order chi connectivity index (χ1) is 17.7. The van der Waals surface area contributed by atoms with Gasteiger partial charge in [0.2, 0.25) is 5.91 Å². The van der Waals surface area contributed by atoms with E-state index in [2.05, 4.69) is 10.6 Å². The third kappa shape index (κ3) is 5.75. The van der Waals surface area contributed by atoms with Gasteiger partial charge in [-0.1, -0.05) is 60.7 Å². The largest absolute Gasteiger partial charge is 0.465 e. The average Bonchev–Trinajstić information content (AvgIpc) is 2.87. The molecule has 0 saturated heterocycles. The quantitative estimate of drug-likeness (QED) is 0.337. The van der Waals surface area contributed by atoms with E-state index in [1.54, 1.807) is 26.2 Å². The first kappa shape index (κ1) is 25.4. The second-order valence-electron chi connectivity index (χ2n) is 8.73. The highest BCUT2D eigenvalue weighted by Crippen LogP contribution is 2.30. The number of rotatable bonds is 7. The van der Waals surface area contributed by atoms with Gasteiger partial charge in [0.05, 0.1) is 0 Å². The molecule has 0 aliphatic carbocycles. The maximum atomic E-state index is 15.1. The number of carboxylic acid groups (broad SMARTS) is 1. The Morgan fingerprint density at radius 3 is 2.03 bits per heavy atom. The summed E-state index contributed by atoms with van der Waals surface area (Å²) in [4.78, 5) is 37.0. The van der Waals surface area contributed by atoms with Crippen molar-refractivity contribution in [1.82, 2.24) is 9.88 Å². The molecule has 8 heteroatoms. The number of nitrogens with one attached hydrogen (secondary N) is 2. The molecule has 3 N–H and O–H groups in total. The van der Waals surface area contributed by atoms with E-state index in [0.29, 0.717) is 11.1 Å². The van der Waals surface area contributed by atoms with E-state index in [9.17, 15) is 19.5 Å². The maximum absolute atomic E-state index is 15.1. The number of carbonyl (C=O) groups is 2. The van der Waals surface area contributed by atoms with Crippen molar-refractivity contribution in [2.24, 2.45) is 7.05 Å². The van der Waals surface area contributed by atoms with Gasteiger partial charge in [-0.3, -0.25) is 9.59 Å². The van der Waals surface area contributed by atoms with Gasteiger partial charge in [-0.15, -0.1) is 0 Å². The number of benzene rings is 3. The Bertz CT molecular complexity index is 1450. The number of halogens is 1. The fraction of sp³-hybridized carbons (Fsp3) is 0.138. The first-order valence-electron chi connectivity index (χ1n) is 11.6. The molecule has 2 amide bonds. The Balaban J connectivity index is 1.68. The number of carbonyl (C=O) groups excluding carboxylic acids is 1. The van der Waals surface area contributed by atoms with Gasteiger partial charge in [-0.2, -0.15) is 0 Å². The van der Waals surface area contributed by atoms with Crippen molar-refractivity contribution in [1.29, 1.82) is 0 Å². The van der Waals surface area contributed by atoms with Crippen LogP contribution >= 0.6 is 0 Å². The smallest absolute Gasteiger partial charge is 0.405 e. The first-order valence-corrected chi connectivity index (χ1v) is 11.6. The highest BCUT2D eigenvalue weighted by molar-refractivity contribution is 5.97. The van der Waals surface area contributed by atoms with Crippen LogP contribution in [-0.4, -0.2) is 27.7 Å². The summed E-state index contributed by atoms with van der Waals surface area (Å²) < 4.78 is 16.5. The Hall–Kier alpha value is -4.72. The molecule has 4 aromatic rings. The van der Waals surface area contributed by atoms with Crippen molar-refractivity contribution in [3.8, 4) is 11.1 Å². The highest BCUT2D eigenvalue weighted by atomic mass is 19.1. The standard InChI is InChI=1S/C29H26FN3O4/c1-18-15-25(34)33(2)17-23(18)22-14-13-21(16-24(22)30)31-28(35)27(32-29(36)37)26(19-9-5-3-6-10-19)20-11-7-4-8-12-20/h3-17,26-27,32H,1-2H3,(H,31,35)(H,36,37)/t27-/m0/s1. The number of pyridine rings is 1. The van der Waals surface area contributed by atoms with Crippen molar-refractivity contribution >= 4 is 17.7 Å². The summed E-state index contributed by atoms with van der Waals surface area (Å²) in [6.07, 6.45) is 0.203. The summed E-state index contributed by atoms with van der Waals surface area (Å²) in [6, 6.07) is 22.7. The van der Waals surface area contributed by atoms with Crippen LogP contribution in [-0.2, 0) is 11.8 Å². The van der Waals surface area contributed by atoms with E-state index in [4.69, 9.17) is 0 Å². The summed E-state index contributed by atoms with van der Waals surface area (Å²) in [6.45, 7) is 1.72. The molecule has 0 aliphatic rings. The number of amides is 2. The van der Waals surface area contributed by atoms with E-state index < -0.39 is 29.8 Å². The average molecular weight is 500 g/mol. The minimum Gasteiger partial charge on any atom is -0.465 e. The monoisotopic (exact) mass is 499 g/mol. The molecule has 0 fully saturated rings. The summed E-state index contributed by atoms with van der Waals surface area (Å²) in [5.74, 6) is -1.86. The second-order valence-corrected chi connectivity index (χ2v) is 8.73. The molecule has 0 unspecified atom stereocenters. The molecule has 0 aliphatic heterocycles. The molecule has 4 rings (SSSR count). The summed E-state index contributed by atoms with van der Waals surface area (Å²) in [7, 11) is 1.59. The summed E-state index contributed by atoms with van der Waals surface area (Å²) in [5.41, 5.74) is 2.91. The van der Waals surface area contributed by atoms with Gasteiger partial charge in [-0.25, -0.2) is 9.18 Å². The van der Waals surface area contributed by atoms with E-state index in [0.717, 1.165) is 11.1 Å². The molecule has 3 aromatic carbocycles. The van der Waals surface area contributed by atoms with Crippen LogP contribution < -0.4 is 16.2 Å². The fourth-order valence-corrected chi connectivity index (χ4v) is 4.37. The molecule has 188 valence electrons. The van der Waals surface area contributed by atoms with Gasteiger partial charge < -0.3 is 20.3 Å². The van der Waals surface area contributed by atoms with Crippen molar-refractivity contribution in [2.45, 2.75) is 18.9 Å². The van der Waals surface area contributed by atoms with E-state index in [1.165, 1.54) is 22.8 Å². The minimum atomic E-state index is -1.36. The predicted octanol–water partition coefficient (Wildman–Crippen LogP) is 4.91. The lowest BCUT2D eigenvalue weighted by Crippen LogP contribution is -2.47. The van der Waals surface area contributed by atoms with Crippen molar-refractivity contribution in [3.63, 3.8) is 0 Å². The molecular weight excluding hydrogens is 473 g/mol. The van der Waals surface area contributed by atoms with Crippen LogP contribution in [0.2, 0.25) is 0 Å². The lowest BCUT2D eigenvalue weighted by molar-refractivity contribution is -0.118. The predicted molar refractivity (Wildman–Crippen MR) is 140 cm³/mol. The van der Waals surface area contributed by atoms with Crippen LogP contribution in [0.1, 0.15) is 22.6 Å². The van der Waals surface area contributed by atoms with E-state index in [-0.39, 0.29) is 16.8 Å². The zero-order valence-electron chi connectivity index (χ0n) is 20.3. The second kappa shape index (κ2) is 10.9. The molecule has 0 saturated carbocycles. The molecule has 1 heterocycles. The van der Waals surface area contributed by atoms with Crippen LogP contribution in [0.25, 0.3) is 11.1 Å². The fourth-order valence-electron chi connectivity index (χ4n) is 4.37. The zero-order valence-corrected chi connectivity index (χ0v) is 20.3. The molecule has 0 radical (unpaired) electrons. The van der Waals surface area contributed by atoms with E-state index >= 15 is 4.39 Å². The van der Waals surface area contributed by atoms with Crippen LogP contribution in [0.3, 0.4) is 0 Å². The molecule has 7 nitrogen and oxygen atoms in total. The molecule has 0 spiro atoms. The zero-order chi connectivity index (χ0) is 26.5. The molecule has 1 atom stereocenters. The molecule has 0 bridgehead atoms. The topological polar surface area (TPSA) is 100 Å².